The maximum Gasteiger partial charge on any atom is 0.409 e. The van der Waals surface area contributed by atoms with Crippen molar-refractivity contribution in [2.24, 2.45) is 0 Å². The number of rotatable bonds is 7. The van der Waals surface area contributed by atoms with Crippen molar-refractivity contribution in [2.75, 3.05) is 37.7 Å². The van der Waals surface area contributed by atoms with Crippen molar-refractivity contribution in [3.8, 4) is 11.4 Å². The molecule has 4 heterocycles. The summed E-state index contributed by atoms with van der Waals surface area (Å²) < 4.78 is 43.6. The van der Waals surface area contributed by atoms with Crippen LogP contribution in [0, 0.1) is 0 Å². The predicted molar refractivity (Wildman–Crippen MR) is 134 cm³/mol. The Morgan fingerprint density at radius 2 is 2.14 bits per heavy atom. The largest absolute Gasteiger partial charge is 0.449 e. The molecule has 0 aliphatic carbocycles. The molecule has 0 unspecified atom stereocenters. The third kappa shape index (κ3) is 6.40. The number of aromatic amines is 1. The van der Waals surface area contributed by atoms with E-state index in [4.69, 9.17) is 16.3 Å². The highest BCUT2D eigenvalue weighted by atomic mass is 35.5. The second kappa shape index (κ2) is 11.2. The van der Waals surface area contributed by atoms with Gasteiger partial charge in [0.15, 0.2) is 5.82 Å². The van der Waals surface area contributed by atoms with Crippen LogP contribution in [-0.4, -0.2) is 81.8 Å². The molecule has 4 rings (SSSR count). The first-order chi connectivity index (χ1) is 17.7. The molecule has 0 spiro atoms. The number of unbranched alkanes of at least 4 members (excludes halogenated alkanes) is 1. The van der Waals surface area contributed by atoms with Gasteiger partial charge in [-0.1, -0.05) is 24.9 Å². The van der Waals surface area contributed by atoms with Gasteiger partial charge in [-0.2, -0.15) is 13.2 Å². The van der Waals surface area contributed by atoms with Crippen LogP contribution in [0.5, 0.6) is 0 Å². The number of hydrogen-bond acceptors (Lipinski definition) is 7. The van der Waals surface area contributed by atoms with Crippen molar-refractivity contribution in [1.82, 2.24) is 30.2 Å². The SMILES string of the molecule is CCCCOC(=O)N1CCN(c2ccnc(-c3c[nH]c4ncc(Cl)cc34)n2)[C@H](C(=O)NCC(F)(F)F)C1.[HH].[HH]. The Labute approximate surface area is 218 Å². The number of halogens is 4. The first-order valence-corrected chi connectivity index (χ1v) is 12.0. The van der Waals surface area contributed by atoms with Crippen LogP contribution in [0.1, 0.15) is 22.6 Å². The molecule has 202 valence electrons. The quantitative estimate of drug-likeness (QED) is 0.427. The summed E-state index contributed by atoms with van der Waals surface area (Å²) >= 11 is 6.09. The average molecular weight is 544 g/mol. The van der Waals surface area contributed by atoms with Gasteiger partial charge < -0.3 is 24.8 Å². The number of H-pyrrole nitrogens is 1. The van der Waals surface area contributed by atoms with E-state index in [9.17, 15) is 22.8 Å². The van der Waals surface area contributed by atoms with Crippen molar-refractivity contribution in [2.45, 2.75) is 32.0 Å². The van der Waals surface area contributed by atoms with E-state index in [1.165, 1.54) is 17.3 Å². The lowest BCUT2D eigenvalue weighted by molar-refractivity contribution is -0.139. The number of ether oxygens (including phenoxy) is 1. The predicted octanol–water partition coefficient (Wildman–Crippen LogP) is 4.27. The number of amides is 2. The van der Waals surface area contributed by atoms with Crippen LogP contribution in [0.25, 0.3) is 22.4 Å². The van der Waals surface area contributed by atoms with Gasteiger partial charge in [0, 0.05) is 45.5 Å². The van der Waals surface area contributed by atoms with E-state index in [-0.39, 0.29) is 29.1 Å². The summed E-state index contributed by atoms with van der Waals surface area (Å²) in [6.45, 7) is 0.852. The highest BCUT2D eigenvalue weighted by Crippen LogP contribution is 2.29. The Balaban J connectivity index is 0.00000267. The minimum Gasteiger partial charge on any atom is -0.449 e. The summed E-state index contributed by atoms with van der Waals surface area (Å²) in [5.74, 6) is -0.254. The summed E-state index contributed by atoms with van der Waals surface area (Å²) in [6.07, 6.45) is 0.972. The van der Waals surface area contributed by atoms with Crippen molar-refractivity contribution in [3.05, 3.63) is 35.7 Å². The van der Waals surface area contributed by atoms with Crippen LogP contribution in [0.3, 0.4) is 0 Å². The normalized spacial score (nSPS) is 16.2. The third-order valence-corrected chi connectivity index (χ3v) is 6.01. The molecule has 0 bridgehead atoms. The number of alkyl halides is 3. The van der Waals surface area contributed by atoms with E-state index in [0.717, 1.165) is 6.42 Å². The molecule has 3 aromatic rings. The van der Waals surface area contributed by atoms with Crippen LogP contribution >= 0.6 is 11.6 Å². The van der Waals surface area contributed by atoms with E-state index in [0.29, 0.717) is 39.7 Å². The fraction of sp³-hybridized carbons (Fsp3) is 0.435. The second-order valence-electron chi connectivity index (χ2n) is 8.45. The molecule has 1 atom stereocenters. The molecule has 1 saturated heterocycles. The Morgan fingerprint density at radius 1 is 1.32 bits per heavy atom. The van der Waals surface area contributed by atoms with Gasteiger partial charge in [0.2, 0.25) is 5.91 Å². The summed E-state index contributed by atoms with van der Waals surface area (Å²) in [7, 11) is 0. The lowest BCUT2D eigenvalue weighted by atomic mass is 10.1. The maximum atomic E-state index is 12.9. The van der Waals surface area contributed by atoms with Crippen molar-refractivity contribution in [3.63, 3.8) is 0 Å². The van der Waals surface area contributed by atoms with Gasteiger partial charge in [0.05, 0.1) is 18.2 Å². The van der Waals surface area contributed by atoms with Gasteiger partial charge in [-0.05, 0) is 18.6 Å². The van der Waals surface area contributed by atoms with Gasteiger partial charge in [0.1, 0.15) is 24.1 Å². The minimum absolute atomic E-state index is 0. The topological polar surface area (TPSA) is 116 Å². The Morgan fingerprint density at radius 3 is 2.89 bits per heavy atom. The highest BCUT2D eigenvalue weighted by Gasteiger charge is 2.37. The standard InChI is InChI=1S/C23H25ClF3N7O3.2H2/c1-2-3-8-37-22(36)33-6-7-34(17(12-33)21(35)31-13-23(25,26)27)18-4-5-28-20(32-18)16-11-30-19-15(16)9-14(24)10-29-19;;/h4-5,9-11,17H,2-3,6-8,12-13H2,1H3,(H,29,30)(H,31,35);2*1H/t17-;;/m0../s1. The first-order valence-electron chi connectivity index (χ1n) is 11.6. The molecule has 3 aromatic heterocycles. The second-order valence-corrected chi connectivity index (χ2v) is 8.88. The number of piperazine rings is 1. The first kappa shape index (κ1) is 26.5. The molecule has 2 amide bonds. The molecule has 0 aromatic carbocycles. The highest BCUT2D eigenvalue weighted by molar-refractivity contribution is 6.31. The fourth-order valence-corrected chi connectivity index (χ4v) is 4.11. The summed E-state index contributed by atoms with van der Waals surface area (Å²) in [4.78, 5) is 44.4. The van der Waals surface area contributed by atoms with Crippen LogP contribution in [-0.2, 0) is 9.53 Å². The van der Waals surface area contributed by atoms with E-state index >= 15 is 0 Å². The van der Waals surface area contributed by atoms with Gasteiger partial charge in [-0.3, -0.25) is 4.79 Å². The maximum absolute atomic E-state index is 12.9. The van der Waals surface area contributed by atoms with E-state index in [2.05, 4.69) is 19.9 Å². The van der Waals surface area contributed by atoms with Crippen LogP contribution in [0.15, 0.2) is 30.7 Å². The molecule has 10 nitrogen and oxygen atoms in total. The van der Waals surface area contributed by atoms with Crippen LogP contribution in [0.4, 0.5) is 23.8 Å². The van der Waals surface area contributed by atoms with Crippen molar-refractivity contribution < 1.29 is 30.4 Å². The molecule has 0 radical (unpaired) electrons. The Bertz CT molecular complexity index is 1280. The molecule has 1 aliphatic rings. The Kier molecular flexibility index (Phi) is 8.00. The number of fused-ring (bicyclic) bond motifs is 1. The number of hydrogen-bond donors (Lipinski definition) is 2. The fourth-order valence-electron chi connectivity index (χ4n) is 3.95. The van der Waals surface area contributed by atoms with Gasteiger partial charge in [-0.25, -0.2) is 19.7 Å². The number of nitrogens with zero attached hydrogens (tertiary/aromatic N) is 5. The zero-order valence-corrected chi connectivity index (χ0v) is 20.6. The monoisotopic (exact) mass is 543 g/mol. The van der Waals surface area contributed by atoms with E-state index in [1.54, 1.807) is 23.2 Å². The lowest BCUT2D eigenvalue weighted by Gasteiger charge is -2.40. The number of carbonyl (C=O) groups excluding carboxylic acids is 2. The molecule has 0 saturated carbocycles. The van der Waals surface area contributed by atoms with Crippen molar-refractivity contribution >= 4 is 40.5 Å². The number of nitrogens with one attached hydrogen (secondary N) is 2. The molecular weight excluding hydrogens is 515 g/mol. The third-order valence-electron chi connectivity index (χ3n) is 5.80. The molecule has 1 fully saturated rings. The van der Waals surface area contributed by atoms with Crippen LogP contribution < -0.4 is 10.2 Å². The molecule has 37 heavy (non-hydrogen) atoms. The zero-order chi connectivity index (χ0) is 26.6. The molecule has 2 N–H and O–H groups in total. The Hall–Kier alpha value is -3.61. The van der Waals surface area contributed by atoms with Gasteiger partial charge in [-0.15, -0.1) is 0 Å². The minimum atomic E-state index is -4.58. The van der Waals surface area contributed by atoms with Gasteiger partial charge in [0.25, 0.3) is 0 Å². The molecule has 14 heteroatoms. The number of pyridine rings is 1. The van der Waals surface area contributed by atoms with E-state index < -0.39 is 30.8 Å². The smallest absolute Gasteiger partial charge is 0.409 e. The average Bonchev–Trinajstić information content (AvgIpc) is 3.29. The number of carbonyl (C=O) groups is 2. The van der Waals surface area contributed by atoms with Crippen LogP contribution in [0.2, 0.25) is 5.02 Å². The molecular formula is C23H29ClF3N7O3. The summed E-state index contributed by atoms with van der Waals surface area (Å²) in [6, 6.07) is 2.14. The van der Waals surface area contributed by atoms with Gasteiger partial charge >= 0.3 is 12.3 Å². The van der Waals surface area contributed by atoms with Crippen molar-refractivity contribution in [1.29, 1.82) is 0 Å². The number of anilines is 1. The molecule has 1 aliphatic heterocycles. The summed E-state index contributed by atoms with van der Waals surface area (Å²) in [5.41, 5.74) is 1.19. The summed E-state index contributed by atoms with van der Waals surface area (Å²) in [5, 5.41) is 3.03. The van der Waals surface area contributed by atoms with E-state index in [1.807, 2.05) is 12.2 Å². The lowest BCUT2D eigenvalue weighted by Crippen LogP contribution is -2.61. The zero-order valence-electron chi connectivity index (χ0n) is 19.9. The number of aromatic nitrogens is 4.